The van der Waals surface area contributed by atoms with Gasteiger partial charge in [0.2, 0.25) is 0 Å². The van der Waals surface area contributed by atoms with Gasteiger partial charge in [-0.1, -0.05) is 43.3 Å². The third kappa shape index (κ3) is 7.66. The summed E-state index contributed by atoms with van der Waals surface area (Å²) in [6.45, 7) is 7.11. The maximum absolute atomic E-state index is 13.4. The molecule has 0 saturated heterocycles. The van der Waals surface area contributed by atoms with E-state index in [0.29, 0.717) is 43.7 Å². The van der Waals surface area contributed by atoms with E-state index < -0.39 is 5.82 Å². The highest BCUT2D eigenvalue weighted by molar-refractivity contribution is 5.79. The molecule has 0 radical (unpaired) electrons. The summed E-state index contributed by atoms with van der Waals surface area (Å²) in [6, 6.07) is 14.4. The van der Waals surface area contributed by atoms with Gasteiger partial charge in [0, 0.05) is 13.1 Å². The number of benzene rings is 2. The van der Waals surface area contributed by atoms with Crippen LogP contribution >= 0.6 is 0 Å². The summed E-state index contributed by atoms with van der Waals surface area (Å²) in [5.74, 6) is -0.00786. The van der Waals surface area contributed by atoms with E-state index in [1.165, 1.54) is 12.1 Å². The zero-order valence-electron chi connectivity index (χ0n) is 15.9. The van der Waals surface area contributed by atoms with Gasteiger partial charge in [0.05, 0.1) is 19.8 Å². The lowest BCUT2D eigenvalue weighted by molar-refractivity contribution is 0.0931. The number of phenolic OH excluding ortho intramolecular Hbond substituents is 1. The summed E-state index contributed by atoms with van der Waals surface area (Å²) < 4.78 is 19.2. The first-order chi connectivity index (χ1) is 13.1. The molecule has 0 bridgehead atoms. The van der Waals surface area contributed by atoms with Crippen LogP contribution in [0.3, 0.4) is 0 Å². The van der Waals surface area contributed by atoms with E-state index in [0.717, 1.165) is 12.1 Å². The first kappa shape index (κ1) is 20.7. The molecule has 0 spiro atoms. The molecule has 1 atom stereocenters. The topological polar surface area (TPSA) is 65.9 Å². The van der Waals surface area contributed by atoms with Crippen molar-refractivity contribution < 1.29 is 14.2 Å². The maximum Gasteiger partial charge on any atom is 0.191 e. The number of halogens is 1. The van der Waals surface area contributed by atoms with Crippen molar-refractivity contribution in [2.75, 3.05) is 19.7 Å². The Hall–Kier alpha value is -2.60. The minimum Gasteiger partial charge on any atom is -0.505 e. The monoisotopic (exact) mass is 373 g/mol. The Morgan fingerprint density at radius 2 is 1.93 bits per heavy atom. The lowest BCUT2D eigenvalue weighted by atomic mass is 10.2. The summed E-state index contributed by atoms with van der Waals surface area (Å²) in [4.78, 5) is 4.46. The van der Waals surface area contributed by atoms with Gasteiger partial charge in [-0.05, 0) is 36.1 Å². The van der Waals surface area contributed by atoms with Gasteiger partial charge in [0.25, 0.3) is 0 Å². The Labute approximate surface area is 160 Å². The molecule has 0 aromatic heterocycles. The second kappa shape index (κ2) is 11.2. The van der Waals surface area contributed by atoms with Crippen LogP contribution in [0.25, 0.3) is 0 Å². The lowest BCUT2D eigenvalue weighted by Gasteiger charge is -2.16. The third-order valence-electron chi connectivity index (χ3n) is 3.91. The molecule has 5 nitrogen and oxygen atoms in total. The van der Waals surface area contributed by atoms with Crippen molar-refractivity contribution in [2.45, 2.75) is 27.0 Å². The van der Waals surface area contributed by atoms with Crippen molar-refractivity contribution in [3.8, 4) is 5.75 Å². The fourth-order valence-corrected chi connectivity index (χ4v) is 2.44. The Morgan fingerprint density at radius 1 is 1.15 bits per heavy atom. The number of hydrogen-bond donors (Lipinski definition) is 3. The van der Waals surface area contributed by atoms with E-state index in [9.17, 15) is 9.50 Å². The first-order valence-electron chi connectivity index (χ1n) is 9.19. The van der Waals surface area contributed by atoms with Crippen LogP contribution in [0.1, 0.15) is 25.0 Å². The Morgan fingerprint density at radius 3 is 2.63 bits per heavy atom. The van der Waals surface area contributed by atoms with Crippen LogP contribution in [0.15, 0.2) is 53.5 Å². The van der Waals surface area contributed by atoms with E-state index in [1.54, 1.807) is 6.07 Å². The SMILES string of the molecule is CCNC(=NCc1ccc(O)c(F)c1)NCC(C)COCc1ccccc1. The van der Waals surface area contributed by atoms with E-state index in [-0.39, 0.29) is 5.75 Å². The van der Waals surface area contributed by atoms with Crippen molar-refractivity contribution >= 4 is 5.96 Å². The van der Waals surface area contributed by atoms with Crippen LogP contribution in [0.2, 0.25) is 0 Å². The number of nitrogens with one attached hydrogen (secondary N) is 2. The highest BCUT2D eigenvalue weighted by atomic mass is 19.1. The maximum atomic E-state index is 13.4. The van der Waals surface area contributed by atoms with Gasteiger partial charge >= 0.3 is 0 Å². The number of rotatable bonds is 9. The van der Waals surface area contributed by atoms with Crippen molar-refractivity contribution in [3.05, 3.63) is 65.5 Å². The zero-order chi connectivity index (χ0) is 19.5. The van der Waals surface area contributed by atoms with Crippen LogP contribution in [-0.4, -0.2) is 30.8 Å². The Balaban J connectivity index is 1.77. The zero-order valence-corrected chi connectivity index (χ0v) is 15.9. The largest absolute Gasteiger partial charge is 0.505 e. The van der Waals surface area contributed by atoms with Crippen LogP contribution in [0.5, 0.6) is 5.75 Å². The van der Waals surface area contributed by atoms with Gasteiger partial charge in [-0.3, -0.25) is 0 Å². The molecule has 3 N–H and O–H groups in total. The molecule has 6 heteroatoms. The highest BCUT2D eigenvalue weighted by Gasteiger charge is 2.06. The lowest BCUT2D eigenvalue weighted by Crippen LogP contribution is -2.40. The summed E-state index contributed by atoms with van der Waals surface area (Å²) >= 11 is 0. The number of aliphatic imine (C=N–C) groups is 1. The molecule has 0 aliphatic heterocycles. The summed E-state index contributed by atoms with van der Waals surface area (Å²) in [5.41, 5.74) is 1.86. The van der Waals surface area contributed by atoms with Gasteiger partial charge < -0.3 is 20.5 Å². The van der Waals surface area contributed by atoms with Gasteiger partial charge in [0.1, 0.15) is 0 Å². The minimum atomic E-state index is -0.634. The van der Waals surface area contributed by atoms with Crippen LogP contribution in [0.4, 0.5) is 4.39 Å². The smallest absolute Gasteiger partial charge is 0.191 e. The number of phenols is 1. The molecule has 0 fully saturated rings. The molecule has 0 aliphatic carbocycles. The molecule has 0 amide bonds. The van der Waals surface area contributed by atoms with Gasteiger partial charge in [-0.2, -0.15) is 0 Å². The third-order valence-corrected chi connectivity index (χ3v) is 3.91. The fraction of sp³-hybridized carbons (Fsp3) is 0.381. The van der Waals surface area contributed by atoms with Crippen LogP contribution < -0.4 is 10.6 Å². The molecule has 1 unspecified atom stereocenters. The van der Waals surface area contributed by atoms with Crippen molar-refractivity contribution in [3.63, 3.8) is 0 Å². The van der Waals surface area contributed by atoms with Crippen LogP contribution in [0, 0.1) is 11.7 Å². The fourth-order valence-electron chi connectivity index (χ4n) is 2.44. The van der Waals surface area contributed by atoms with Crippen molar-refractivity contribution in [1.82, 2.24) is 10.6 Å². The van der Waals surface area contributed by atoms with Gasteiger partial charge in [0.15, 0.2) is 17.5 Å². The number of ether oxygens (including phenoxy) is 1. The van der Waals surface area contributed by atoms with Crippen molar-refractivity contribution in [2.24, 2.45) is 10.9 Å². The van der Waals surface area contributed by atoms with E-state index >= 15 is 0 Å². The van der Waals surface area contributed by atoms with E-state index in [2.05, 4.69) is 22.5 Å². The quantitative estimate of drug-likeness (QED) is 0.465. The summed E-state index contributed by atoms with van der Waals surface area (Å²) in [7, 11) is 0. The Bertz CT molecular complexity index is 723. The average molecular weight is 373 g/mol. The first-order valence-corrected chi connectivity index (χ1v) is 9.19. The minimum absolute atomic E-state index is 0.309. The standard InChI is InChI=1S/C21H28FN3O2/c1-3-23-21(25-13-18-9-10-20(26)19(22)11-18)24-12-16(2)14-27-15-17-7-5-4-6-8-17/h4-11,16,26H,3,12-15H2,1-2H3,(H2,23,24,25). The molecule has 2 aromatic rings. The molecule has 0 aliphatic rings. The normalized spacial score (nSPS) is 12.6. The number of nitrogens with zero attached hydrogens (tertiary/aromatic N) is 1. The predicted molar refractivity (Wildman–Crippen MR) is 106 cm³/mol. The molecule has 0 heterocycles. The summed E-state index contributed by atoms with van der Waals surface area (Å²) in [5, 5.41) is 15.7. The number of hydrogen-bond acceptors (Lipinski definition) is 3. The summed E-state index contributed by atoms with van der Waals surface area (Å²) in [6.07, 6.45) is 0. The predicted octanol–water partition coefficient (Wildman–Crippen LogP) is 3.44. The highest BCUT2D eigenvalue weighted by Crippen LogP contribution is 2.16. The molecule has 146 valence electrons. The second-order valence-corrected chi connectivity index (χ2v) is 6.47. The van der Waals surface area contributed by atoms with Crippen LogP contribution in [-0.2, 0) is 17.9 Å². The average Bonchev–Trinajstić information content (AvgIpc) is 2.67. The number of guanidine groups is 1. The molecular formula is C21H28FN3O2. The second-order valence-electron chi connectivity index (χ2n) is 6.47. The molecule has 2 rings (SSSR count). The number of aromatic hydroxyl groups is 1. The molecule has 27 heavy (non-hydrogen) atoms. The molecule has 0 saturated carbocycles. The van der Waals surface area contributed by atoms with Gasteiger partial charge in [-0.25, -0.2) is 9.38 Å². The van der Waals surface area contributed by atoms with Crippen molar-refractivity contribution in [1.29, 1.82) is 0 Å². The van der Waals surface area contributed by atoms with E-state index in [4.69, 9.17) is 4.74 Å². The molecular weight excluding hydrogens is 345 g/mol. The van der Waals surface area contributed by atoms with E-state index in [1.807, 2.05) is 37.3 Å². The van der Waals surface area contributed by atoms with Gasteiger partial charge in [-0.15, -0.1) is 0 Å². The molecule has 2 aromatic carbocycles. The Kier molecular flexibility index (Phi) is 8.58.